The maximum absolute atomic E-state index is 13.2. The molecule has 0 aromatic heterocycles. The number of aliphatic carboxylic acids is 1. The summed E-state index contributed by atoms with van der Waals surface area (Å²) in [5, 5.41) is 10.8. The van der Waals surface area contributed by atoms with Crippen LogP contribution in [0.15, 0.2) is 23.8 Å². The molecule has 3 saturated carbocycles. The summed E-state index contributed by atoms with van der Waals surface area (Å²) in [4.78, 5) is 26.1. The lowest BCUT2D eigenvalue weighted by Crippen LogP contribution is -2.63. The Labute approximate surface area is 174 Å². The molecule has 0 unspecified atom stereocenters. The molecule has 4 aliphatic rings. The monoisotopic (exact) mass is 400 g/mol. The molecule has 4 bridgehead atoms. The number of hydrogen-bond donors (Lipinski definition) is 1. The molecule has 0 aliphatic heterocycles. The number of carboxylic acid groups (broad SMARTS) is 1. The van der Waals surface area contributed by atoms with Crippen LogP contribution in [0, 0.1) is 45.8 Å². The van der Waals surface area contributed by atoms with Crippen LogP contribution in [0.1, 0.15) is 59.8 Å². The third-order valence-electron chi connectivity index (χ3n) is 9.10. The Balaban J connectivity index is 1.85. The van der Waals surface area contributed by atoms with Crippen molar-refractivity contribution in [2.75, 3.05) is 13.2 Å². The third-order valence-corrected chi connectivity index (χ3v) is 9.10. The predicted molar refractivity (Wildman–Crippen MR) is 112 cm³/mol. The van der Waals surface area contributed by atoms with E-state index in [4.69, 9.17) is 4.74 Å². The number of hydrogen-bond acceptors (Lipinski definition) is 3. The lowest BCUT2D eigenvalue weighted by molar-refractivity contribution is -0.186. The fourth-order valence-electron chi connectivity index (χ4n) is 8.18. The highest BCUT2D eigenvalue weighted by Crippen LogP contribution is 2.82. The molecule has 29 heavy (non-hydrogen) atoms. The summed E-state index contributed by atoms with van der Waals surface area (Å²) in [6, 6.07) is 0. The highest BCUT2D eigenvalue weighted by atomic mass is 16.5. The Morgan fingerprint density at radius 3 is 2.69 bits per heavy atom. The normalized spacial score (nSPS) is 45.1. The van der Waals surface area contributed by atoms with Gasteiger partial charge in [0.25, 0.3) is 0 Å². The summed E-state index contributed by atoms with van der Waals surface area (Å²) < 4.78 is 6.15. The van der Waals surface area contributed by atoms with Gasteiger partial charge in [-0.1, -0.05) is 57.9 Å². The number of carbonyl (C=O) groups excluding carboxylic acids is 1. The van der Waals surface area contributed by atoms with E-state index in [-0.39, 0.29) is 17.8 Å². The number of carboxylic acids is 1. The predicted octanol–water partition coefficient (Wildman–Crippen LogP) is 4.89. The van der Waals surface area contributed by atoms with Crippen molar-refractivity contribution in [3.05, 3.63) is 23.8 Å². The zero-order valence-corrected chi connectivity index (χ0v) is 18.3. The van der Waals surface area contributed by atoms with E-state index < -0.39 is 22.2 Å². The molecule has 0 spiro atoms. The first-order chi connectivity index (χ1) is 13.8. The molecule has 0 radical (unpaired) electrons. The maximum Gasteiger partial charge on any atom is 0.315 e. The summed E-state index contributed by atoms with van der Waals surface area (Å²) >= 11 is 0. The van der Waals surface area contributed by atoms with Gasteiger partial charge in [0, 0.05) is 5.41 Å². The average Bonchev–Trinajstić information content (AvgIpc) is 3.25. The van der Waals surface area contributed by atoms with E-state index in [1.165, 1.54) is 0 Å². The molecule has 0 amide bonds. The number of fused-ring (bicyclic) bond motifs is 2. The third kappa shape index (κ3) is 2.35. The summed E-state index contributed by atoms with van der Waals surface area (Å²) in [6.45, 7) is 9.48. The molecule has 3 fully saturated rings. The second-order valence-electron chi connectivity index (χ2n) is 10.4. The number of rotatable bonds is 8. The molecule has 4 aliphatic carbocycles. The van der Waals surface area contributed by atoms with Crippen LogP contribution in [0.25, 0.3) is 0 Å². The molecule has 0 aromatic rings. The van der Waals surface area contributed by atoms with Crippen LogP contribution in [-0.2, 0) is 14.3 Å². The topological polar surface area (TPSA) is 63.6 Å². The lowest BCUT2D eigenvalue weighted by Gasteiger charge is -2.58. The Hall–Kier alpha value is -1.42. The Kier molecular flexibility index (Phi) is 5.08. The number of carbonyl (C=O) groups is 2. The van der Waals surface area contributed by atoms with E-state index in [0.29, 0.717) is 31.5 Å². The molecule has 160 valence electrons. The van der Waals surface area contributed by atoms with Crippen molar-refractivity contribution in [1.29, 1.82) is 0 Å². The summed E-state index contributed by atoms with van der Waals surface area (Å²) in [7, 11) is 0. The minimum Gasteiger partial charge on any atom is -0.481 e. The van der Waals surface area contributed by atoms with Gasteiger partial charge in [-0.2, -0.15) is 0 Å². The highest BCUT2D eigenvalue weighted by Gasteiger charge is 2.84. The fourth-order valence-corrected chi connectivity index (χ4v) is 8.18. The molecule has 1 N–H and O–H groups in total. The van der Waals surface area contributed by atoms with E-state index in [2.05, 4.69) is 39.8 Å². The smallest absolute Gasteiger partial charge is 0.315 e. The molecule has 7 atom stereocenters. The van der Waals surface area contributed by atoms with Gasteiger partial charge in [-0.3, -0.25) is 4.79 Å². The van der Waals surface area contributed by atoms with Crippen molar-refractivity contribution in [3.63, 3.8) is 0 Å². The van der Waals surface area contributed by atoms with Crippen molar-refractivity contribution in [3.8, 4) is 0 Å². The van der Waals surface area contributed by atoms with Gasteiger partial charge in [-0.15, -0.1) is 0 Å². The van der Waals surface area contributed by atoms with E-state index in [0.717, 1.165) is 37.5 Å². The molecular weight excluding hydrogens is 364 g/mol. The highest BCUT2D eigenvalue weighted by molar-refractivity contribution is 5.90. The SMILES string of the molecule is CC/C=C\COC[C@@]12C[C@@H]3[C@H](C)CC[C@H]3[C@]3(C=O)C[C@H]1C=C(C(C)C)[C@@]23C(=O)O. The Morgan fingerprint density at radius 2 is 2.07 bits per heavy atom. The van der Waals surface area contributed by atoms with Crippen LogP contribution in [-0.4, -0.2) is 30.6 Å². The summed E-state index contributed by atoms with van der Waals surface area (Å²) in [5.74, 6) is 0.596. The standard InChI is InChI=1S/C25H36O4/c1-5-6-7-10-29-15-24-13-19-17(4)8-9-20(19)23(14-26)12-18(24)11-21(16(2)3)25(23,24)22(27)28/h6-7,11,14,16-20H,5,8-10,12-13,15H2,1-4H3,(H,27,28)/b7-6-/t17-,18-,19-,20-,23-,24+,25+/m1/s1. The molecule has 4 rings (SSSR count). The van der Waals surface area contributed by atoms with Gasteiger partial charge in [0.05, 0.1) is 18.6 Å². The zero-order chi connectivity index (χ0) is 21.0. The van der Waals surface area contributed by atoms with Crippen LogP contribution < -0.4 is 0 Å². The quantitative estimate of drug-likeness (QED) is 0.358. The van der Waals surface area contributed by atoms with Crippen LogP contribution >= 0.6 is 0 Å². The first-order valence-corrected chi connectivity index (χ1v) is 11.5. The number of aldehydes is 1. The zero-order valence-electron chi connectivity index (χ0n) is 18.3. The van der Waals surface area contributed by atoms with Gasteiger partial charge >= 0.3 is 5.97 Å². The van der Waals surface area contributed by atoms with Crippen molar-refractivity contribution in [2.24, 2.45) is 45.8 Å². The minimum atomic E-state index is -1.11. The van der Waals surface area contributed by atoms with Crippen LogP contribution in [0.3, 0.4) is 0 Å². The van der Waals surface area contributed by atoms with Crippen LogP contribution in [0.2, 0.25) is 0 Å². The van der Waals surface area contributed by atoms with E-state index >= 15 is 0 Å². The van der Waals surface area contributed by atoms with Crippen molar-refractivity contribution < 1.29 is 19.4 Å². The van der Waals surface area contributed by atoms with Crippen molar-refractivity contribution in [1.82, 2.24) is 0 Å². The largest absolute Gasteiger partial charge is 0.481 e. The fraction of sp³-hybridized carbons (Fsp3) is 0.760. The van der Waals surface area contributed by atoms with Gasteiger partial charge in [0.15, 0.2) is 0 Å². The van der Waals surface area contributed by atoms with E-state index in [1.807, 2.05) is 6.08 Å². The minimum absolute atomic E-state index is 0.116. The second kappa shape index (κ2) is 7.08. The summed E-state index contributed by atoms with van der Waals surface area (Å²) in [5.41, 5.74) is -1.41. The van der Waals surface area contributed by atoms with E-state index in [1.54, 1.807) is 0 Å². The molecule has 0 saturated heterocycles. The average molecular weight is 401 g/mol. The van der Waals surface area contributed by atoms with E-state index in [9.17, 15) is 14.7 Å². The van der Waals surface area contributed by atoms with Gasteiger partial charge < -0.3 is 14.6 Å². The Morgan fingerprint density at radius 1 is 1.31 bits per heavy atom. The molecule has 4 nitrogen and oxygen atoms in total. The number of ether oxygens (including phenoxy) is 1. The first kappa shape index (κ1) is 20.8. The molecular formula is C25H36O4. The first-order valence-electron chi connectivity index (χ1n) is 11.5. The number of allylic oxidation sites excluding steroid dienone is 2. The lowest BCUT2D eigenvalue weighted by atomic mass is 9.43. The molecule has 4 heteroatoms. The van der Waals surface area contributed by atoms with Gasteiger partial charge in [-0.05, 0) is 55.3 Å². The van der Waals surface area contributed by atoms with Gasteiger partial charge in [0.2, 0.25) is 0 Å². The van der Waals surface area contributed by atoms with Gasteiger partial charge in [-0.25, -0.2) is 0 Å². The van der Waals surface area contributed by atoms with Crippen LogP contribution in [0.4, 0.5) is 0 Å². The van der Waals surface area contributed by atoms with Crippen LogP contribution in [0.5, 0.6) is 0 Å². The van der Waals surface area contributed by atoms with Crippen molar-refractivity contribution in [2.45, 2.75) is 59.8 Å². The van der Waals surface area contributed by atoms with Crippen molar-refractivity contribution >= 4 is 12.3 Å². The van der Waals surface area contributed by atoms with Gasteiger partial charge in [0.1, 0.15) is 11.7 Å². The Bertz CT molecular complexity index is 752. The summed E-state index contributed by atoms with van der Waals surface area (Å²) in [6.07, 6.45) is 12.0. The maximum atomic E-state index is 13.2. The second-order valence-corrected chi connectivity index (χ2v) is 10.4. The molecule has 0 aromatic carbocycles. The molecule has 0 heterocycles.